The second-order valence-corrected chi connectivity index (χ2v) is 13.6. The predicted molar refractivity (Wildman–Crippen MR) is 179 cm³/mol. The van der Waals surface area contributed by atoms with Crippen LogP contribution in [0.4, 0.5) is 0 Å². The molecule has 43 heavy (non-hydrogen) atoms. The molecule has 3 N–H and O–H groups in total. The van der Waals surface area contributed by atoms with Crippen molar-refractivity contribution in [3.8, 4) is 23.0 Å². The van der Waals surface area contributed by atoms with Crippen LogP contribution in [0.1, 0.15) is 130 Å². The Kier molecular flexibility index (Phi) is 13.5. The van der Waals surface area contributed by atoms with Crippen LogP contribution in [-0.2, 0) is 22.0 Å². The van der Waals surface area contributed by atoms with Gasteiger partial charge in [0.15, 0.2) is 11.5 Å². The van der Waals surface area contributed by atoms with Gasteiger partial charge >= 0.3 is 0 Å². The Morgan fingerprint density at radius 1 is 0.767 bits per heavy atom. The number of unbranched alkanes of at least 4 members (excludes halogenated alkanes) is 1. The molecule has 0 aliphatic rings. The molecule has 0 aromatic heterocycles. The number of carbonyl (C=O) groups excluding carboxylic acids is 1. The van der Waals surface area contributed by atoms with Gasteiger partial charge in [-0.2, -0.15) is 0 Å². The Hall–Kier alpha value is -3.15. The van der Waals surface area contributed by atoms with Gasteiger partial charge in [0, 0.05) is 12.6 Å². The van der Waals surface area contributed by atoms with Gasteiger partial charge in [0.05, 0.1) is 12.2 Å². The lowest BCUT2D eigenvalue weighted by molar-refractivity contribution is -0.116. The summed E-state index contributed by atoms with van der Waals surface area (Å²) in [5.41, 5.74) is 3.59. The first-order chi connectivity index (χ1) is 20.1. The number of aromatic hydroxyl groups is 2. The number of hydrogen-bond acceptors (Lipinski definition) is 5. The maximum Gasteiger partial charge on any atom is 0.243 e. The van der Waals surface area contributed by atoms with Crippen LogP contribution in [0.3, 0.4) is 0 Å². The van der Waals surface area contributed by atoms with Crippen LogP contribution in [0.2, 0.25) is 0 Å². The zero-order chi connectivity index (χ0) is 32.4. The van der Waals surface area contributed by atoms with E-state index in [0.717, 1.165) is 61.6 Å². The smallest absolute Gasteiger partial charge is 0.243 e. The molecule has 0 aliphatic carbocycles. The minimum Gasteiger partial charge on any atom is -0.507 e. The Morgan fingerprint density at radius 2 is 1.23 bits per heavy atom. The third-order valence-corrected chi connectivity index (χ3v) is 7.88. The second kappa shape index (κ2) is 16.1. The van der Waals surface area contributed by atoms with E-state index >= 15 is 0 Å². The third kappa shape index (κ3) is 10.8. The number of nitrogens with one attached hydrogen (secondary N) is 1. The van der Waals surface area contributed by atoms with Gasteiger partial charge < -0.3 is 25.0 Å². The number of phenols is 2. The lowest BCUT2D eigenvalue weighted by atomic mass is 9.78. The molecule has 0 spiro atoms. The van der Waals surface area contributed by atoms with Gasteiger partial charge in [-0.15, -0.1) is 0 Å². The van der Waals surface area contributed by atoms with E-state index in [1.165, 1.54) is 11.6 Å². The van der Waals surface area contributed by atoms with Crippen LogP contribution in [0.5, 0.6) is 23.0 Å². The van der Waals surface area contributed by atoms with Gasteiger partial charge in [0.2, 0.25) is 11.7 Å². The van der Waals surface area contributed by atoms with Crippen LogP contribution in [0.15, 0.2) is 30.3 Å². The average Bonchev–Trinajstić information content (AvgIpc) is 2.94. The highest BCUT2D eigenvalue weighted by Crippen LogP contribution is 2.41. The minimum atomic E-state index is -0.173. The van der Waals surface area contributed by atoms with Crippen molar-refractivity contribution in [1.82, 2.24) is 5.32 Å². The SMILES string of the molecule is CCC(CC)Oc1cc(/C=C/C(=O)NCCCCc2cc(C(C)(C)C)c(O)c(C(C)(C)C)c2)cc(OC(CC)CC)c1O. The van der Waals surface area contributed by atoms with Crippen LogP contribution >= 0.6 is 0 Å². The summed E-state index contributed by atoms with van der Waals surface area (Å²) >= 11 is 0. The van der Waals surface area contributed by atoms with E-state index in [2.05, 4.69) is 86.7 Å². The maximum absolute atomic E-state index is 12.6. The van der Waals surface area contributed by atoms with Crippen LogP contribution in [-0.4, -0.2) is 34.9 Å². The first-order valence-corrected chi connectivity index (χ1v) is 16.2. The average molecular weight is 596 g/mol. The number of carbonyl (C=O) groups is 1. The molecule has 0 saturated carbocycles. The van der Waals surface area contributed by atoms with Gasteiger partial charge in [-0.25, -0.2) is 0 Å². The molecule has 0 aliphatic heterocycles. The Labute approximate surface area is 260 Å². The van der Waals surface area contributed by atoms with Gasteiger partial charge in [-0.3, -0.25) is 4.79 Å². The highest BCUT2D eigenvalue weighted by Gasteiger charge is 2.26. The van der Waals surface area contributed by atoms with E-state index in [0.29, 0.717) is 23.8 Å². The molecule has 0 fully saturated rings. The molecule has 0 bridgehead atoms. The number of phenolic OH excluding ortho intramolecular Hbond substituents is 2. The van der Waals surface area contributed by atoms with Crippen molar-refractivity contribution in [2.45, 2.75) is 137 Å². The molecule has 240 valence electrons. The minimum absolute atomic E-state index is 0.00160. The van der Waals surface area contributed by atoms with Crippen molar-refractivity contribution in [2.24, 2.45) is 0 Å². The summed E-state index contributed by atoms with van der Waals surface area (Å²) in [5.74, 6) is 0.970. The summed E-state index contributed by atoms with van der Waals surface area (Å²) in [6.45, 7) is 21.5. The van der Waals surface area contributed by atoms with Gasteiger partial charge in [0.1, 0.15) is 5.75 Å². The molecule has 2 aromatic rings. The summed E-state index contributed by atoms with van der Waals surface area (Å²) in [6, 6.07) is 7.77. The van der Waals surface area contributed by atoms with Crippen molar-refractivity contribution in [1.29, 1.82) is 0 Å². The molecule has 2 aromatic carbocycles. The summed E-state index contributed by atoms with van der Waals surface area (Å²) in [6.07, 6.45) is 9.15. The Morgan fingerprint density at radius 3 is 1.65 bits per heavy atom. The van der Waals surface area contributed by atoms with Crippen LogP contribution < -0.4 is 14.8 Å². The van der Waals surface area contributed by atoms with Crippen molar-refractivity contribution < 1.29 is 24.5 Å². The molecule has 2 rings (SSSR count). The number of ether oxygens (including phenoxy) is 2. The van der Waals surface area contributed by atoms with E-state index in [1.54, 1.807) is 18.2 Å². The third-order valence-electron chi connectivity index (χ3n) is 7.88. The molecule has 6 nitrogen and oxygen atoms in total. The lowest BCUT2D eigenvalue weighted by Gasteiger charge is -2.28. The molecular weight excluding hydrogens is 538 g/mol. The fraction of sp³-hybridized carbons (Fsp3) is 0.595. The zero-order valence-electron chi connectivity index (χ0n) is 28.4. The highest BCUT2D eigenvalue weighted by atomic mass is 16.5. The standard InChI is InChI=1S/C37H57NO5/c1-11-27(12-2)42-31-23-26(24-32(35(31)41)43-28(13-3)14-4)18-19-33(39)38-20-16-15-17-25-21-29(36(5,6)7)34(40)30(22-25)37(8,9)10/h18-19,21-24,27-28,40-41H,11-17,20H2,1-10H3,(H,38,39)/b19-18+. The molecule has 6 heteroatoms. The van der Waals surface area contributed by atoms with E-state index in [4.69, 9.17) is 9.47 Å². The topological polar surface area (TPSA) is 88.0 Å². The molecule has 0 unspecified atom stereocenters. The van der Waals surface area contributed by atoms with E-state index in [1.807, 2.05) is 0 Å². The van der Waals surface area contributed by atoms with Gasteiger partial charge in [-0.1, -0.05) is 81.4 Å². The maximum atomic E-state index is 12.6. The molecular formula is C37H57NO5. The fourth-order valence-electron chi connectivity index (χ4n) is 5.03. The normalized spacial score (nSPS) is 12.4. The number of benzene rings is 2. The Bertz CT molecular complexity index is 1140. The molecule has 0 atom stereocenters. The number of amides is 1. The summed E-state index contributed by atoms with van der Waals surface area (Å²) in [7, 11) is 0. The van der Waals surface area contributed by atoms with Gasteiger partial charge in [-0.05, 0) is 96.2 Å². The number of rotatable bonds is 15. The molecule has 0 radical (unpaired) electrons. The summed E-state index contributed by atoms with van der Waals surface area (Å²) in [4.78, 5) is 12.6. The van der Waals surface area contributed by atoms with E-state index in [9.17, 15) is 15.0 Å². The number of hydrogen-bond donors (Lipinski definition) is 3. The molecule has 0 saturated heterocycles. The predicted octanol–water partition coefficient (Wildman–Crippen LogP) is 8.98. The largest absolute Gasteiger partial charge is 0.507 e. The quantitative estimate of drug-likeness (QED) is 0.141. The highest BCUT2D eigenvalue weighted by molar-refractivity contribution is 5.91. The first-order valence-electron chi connectivity index (χ1n) is 16.2. The lowest BCUT2D eigenvalue weighted by Crippen LogP contribution is -2.22. The summed E-state index contributed by atoms with van der Waals surface area (Å²) in [5, 5.41) is 24.8. The van der Waals surface area contributed by atoms with Gasteiger partial charge in [0.25, 0.3) is 0 Å². The summed E-state index contributed by atoms with van der Waals surface area (Å²) < 4.78 is 12.2. The van der Waals surface area contributed by atoms with Crippen molar-refractivity contribution in [3.05, 3.63) is 52.6 Å². The second-order valence-electron chi connectivity index (χ2n) is 13.6. The van der Waals surface area contributed by atoms with Crippen LogP contribution in [0.25, 0.3) is 6.08 Å². The van der Waals surface area contributed by atoms with E-state index in [-0.39, 0.29) is 34.7 Å². The van der Waals surface area contributed by atoms with E-state index < -0.39 is 0 Å². The molecule has 0 heterocycles. The zero-order valence-corrected chi connectivity index (χ0v) is 28.4. The Balaban J connectivity index is 2.06. The molecule has 1 amide bonds. The van der Waals surface area contributed by atoms with Crippen molar-refractivity contribution in [3.63, 3.8) is 0 Å². The van der Waals surface area contributed by atoms with Crippen LogP contribution in [0, 0.1) is 0 Å². The monoisotopic (exact) mass is 595 g/mol. The fourth-order valence-corrected chi connectivity index (χ4v) is 5.03. The van der Waals surface area contributed by atoms with Crippen molar-refractivity contribution >= 4 is 12.0 Å². The first kappa shape index (κ1) is 36.0. The van der Waals surface area contributed by atoms with Crippen molar-refractivity contribution in [2.75, 3.05) is 6.54 Å². The number of aryl methyl sites for hydroxylation is 1.